The number of benzene rings is 1. The molecule has 0 spiro atoms. The number of carbonyl (C=O) groups is 3. The molecule has 1 fully saturated rings. The molecule has 0 radical (unpaired) electrons. The summed E-state index contributed by atoms with van der Waals surface area (Å²) >= 11 is 0. The number of likely N-dealkylation sites (tertiary alicyclic amines) is 1. The van der Waals surface area contributed by atoms with Crippen molar-refractivity contribution < 1.29 is 19.1 Å². The molecule has 0 aliphatic carbocycles. The Kier molecular flexibility index (Phi) is 5.75. The van der Waals surface area contributed by atoms with E-state index in [2.05, 4.69) is 11.4 Å². The van der Waals surface area contributed by atoms with Crippen LogP contribution in [-0.4, -0.2) is 60.0 Å². The normalized spacial score (nSPS) is 17.4. The molecule has 7 nitrogen and oxygen atoms in total. The summed E-state index contributed by atoms with van der Waals surface area (Å²) < 4.78 is 4.98. The zero-order valence-corrected chi connectivity index (χ0v) is 15.1. The predicted molar refractivity (Wildman–Crippen MR) is 95.3 cm³/mol. The van der Waals surface area contributed by atoms with Gasteiger partial charge in [-0.15, -0.1) is 0 Å². The van der Waals surface area contributed by atoms with Crippen molar-refractivity contribution in [2.24, 2.45) is 0 Å². The Balaban J connectivity index is 1.48. The van der Waals surface area contributed by atoms with E-state index in [1.165, 1.54) is 5.56 Å². The quantitative estimate of drug-likeness (QED) is 0.808. The standard InChI is InChI=1S/C19H25N3O4/c1-2-26-19(25)21-11-8-16(9-12-21)20-17(23)18(24)22-10-7-14-5-3-4-6-15(14)13-22/h3-6,16H,2,7-13H2,1H3,(H,20,23). The average molecular weight is 359 g/mol. The summed E-state index contributed by atoms with van der Waals surface area (Å²) in [6, 6.07) is 7.91. The Morgan fingerprint density at radius 2 is 1.77 bits per heavy atom. The first-order chi connectivity index (χ1) is 12.6. The summed E-state index contributed by atoms with van der Waals surface area (Å²) in [6.07, 6.45) is 1.70. The highest BCUT2D eigenvalue weighted by Gasteiger charge is 2.29. The van der Waals surface area contributed by atoms with Crippen LogP contribution < -0.4 is 5.32 Å². The number of nitrogens with one attached hydrogen (secondary N) is 1. The maximum atomic E-state index is 12.5. The van der Waals surface area contributed by atoms with Gasteiger partial charge in [-0.2, -0.15) is 0 Å². The first-order valence-electron chi connectivity index (χ1n) is 9.16. The van der Waals surface area contributed by atoms with E-state index in [0.717, 1.165) is 12.0 Å². The number of rotatable bonds is 2. The van der Waals surface area contributed by atoms with Gasteiger partial charge in [-0.05, 0) is 37.3 Å². The van der Waals surface area contributed by atoms with E-state index < -0.39 is 11.8 Å². The van der Waals surface area contributed by atoms with E-state index in [0.29, 0.717) is 45.6 Å². The molecule has 140 valence electrons. The summed E-state index contributed by atoms with van der Waals surface area (Å²) in [4.78, 5) is 39.7. The van der Waals surface area contributed by atoms with Crippen LogP contribution in [-0.2, 0) is 27.3 Å². The summed E-state index contributed by atoms with van der Waals surface area (Å²) in [6.45, 7) is 4.21. The van der Waals surface area contributed by atoms with Crippen molar-refractivity contribution in [2.75, 3.05) is 26.2 Å². The number of hydrogen-bond donors (Lipinski definition) is 1. The lowest BCUT2D eigenvalue weighted by atomic mass is 10.00. The van der Waals surface area contributed by atoms with E-state index in [-0.39, 0.29) is 12.1 Å². The largest absolute Gasteiger partial charge is 0.450 e. The predicted octanol–water partition coefficient (Wildman–Crippen LogP) is 1.31. The van der Waals surface area contributed by atoms with Crippen LogP contribution in [0.15, 0.2) is 24.3 Å². The lowest BCUT2D eigenvalue weighted by Crippen LogP contribution is -2.51. The van der Waals surface area contributed by atoms with Crippen LogP contribution in [0.1, 0.15) is 30.9 Å². The first-order valence-corrected chi connectivity index (χ1v) is 9.16. The van der Waals surface area contributed by atoms with Crippen LogP contribution >= 0.6 is 0 Å². The van der Waals surface area contributed by atoms with Crippen molar-refractivity contribution in [1.29, 1.82) is 0 Å². The molecule has 3 rings (SSSR count). The minimum atomic E-state index is -0.557. The maximum Gasteiger partial charge on any atom is 0.409 e. The van der Waals surface area contributed by atoms with Gasteiger partial charge in [0, 0.05) is 32.2 Å². The Labute approximate surface area is 153 Å². The van der Waals surface area contributed by atoms with Gasteiger partial charge in [0.2, 0.25) is 0 Å². The van der Waals surface area contributed by atoms with Gasteiger partial charge in [0.05, 0.1) is 6.61 Å². The molecule has 0 saturated carbocycles. The monoisotopic (exact) mass is 359 g/mol. The van der Waals surface area contributed by atoms with Crippen molar-refractivity contribution in [3.8, 4) is 0 Å². The van der Waals surface area contributed by atoms with E-state index >= 15 is 0 Å². The summed E-state index contributed by atoms with van der Waals surface area (Å²) in [5.41, 5.74) is 2.34. The molecule has 0 unspecified atom stereocenters. The van der Waals surface area contributed by atoms with Crippen molar-refractivity contribution in [3.63, 3.8) is 0 Å². The molecule has 1 saturated heterocycles. The molecule has 26 heavy (non-hydrogen) atoms. The second-order valence-corrected chi connectivity index (χ2v) is 6.68. The highest BCUT2D eigenvalue weighted by atomic mass is 16.6. The molecule has 2 heterocycles. The molecule has 1 N–H and O–H groups in total. The van der Waals surface area contributed by atoms with Gasteiger partial charge in [0.15, 0.2) is 0 Å². The van der Waals surface area contributed by atoms with Crippen molar-refractivity contribution in [3.05, 3.63) is 35.4 Å². The number of amides is 3. The second-order valence-electron chi connectivity index (χ2n) is 6.68. The minimum absolute atomic E-state index is 0.0887. The number of ether oxygens (including phenoxy) is 1. The molecule has 0 aromatic heterocycles. The number of nitrogens with zero attached hydrogens (tertiary/aromatic N) is 2. The zero-order valence-electron chi connectivity index (χ0n) is 15.1. The van der Waals surface area contributed by atoms with Crippen LogP contribution in [0.3, 0.4) is 0 Å². The van der Waals surface area contributed by atoms with Gasteiger partial charge in [-0.1, -0.05) is 24.3 Å². The Morgan fingerprint density at radius 1 is 1.08 bits per heavy atom. The first kappa shape index (κ1) is 18.2. The lowest BCUT2D eigenvalue weighted by molar-refractivity contribution is -0.147. The maximum absolute atomic E-state index is 12.5. The molecule has 7 heteroatoms. The van der Waals surface area contributed by atoms with Gasteiger partial charge in [0.1, 0.15) is 0 Å². The van der Waals surface area contributed by atoms with Crippen molar-refractivity contribution in [1.82, 2.24) is 15.1 Å². The van der Waals surface area contributed by atoms with Gasteiger partial charge in [-0.25, -0.2) is 4.79 Å². The Morgan fingerprint density at radius 3 is 2.46 bits per heavy atom. The summed E-state index contributed by atoms with van der Waals surface area (Å²) in [7, 11) is 0. The average Bonchev–Trinajstić information content (AvgIpc) is 2.67. The molecule has 0 atom stereocenters. The van der Waals surface area contributed by atoms with E-state index in [9.17, 15) is 14.4 Å². The number of hydrogen-bond acceptors (Lipinski definition) is 4. The highest BCUT2D eigenvalue weighted by molar-refractivity contribution is 6.35. The van der Waals surface area contributed by atoms with Gasteiger partial charge >= 0.3 is 17.9 Å². The SMILES string of the molecule is CCOC(=O)N1CCC(NC(=O)C(=O)N2CCc3ccccc3C2)CC1. The minimum Gasteiger partial charge on any atom is -0.450 e. The number of carbonyl (C=O) groups excluding carboxylic acids is 3. The van der Waals surface area contributed by atoms with Crippen LogP contribution in [0, 0.1) is 0 Å². The summed E-state index contributed by atoms with van der Waals surface area (Å²) in [5.74, 6) is -1.04. The number of fused-ring (bicyclic) bond motifs is 1. The Bertz CT molecular complexity index is 683. The third kappa shape index (κ3) is 4.15. The van der Waals surface area contributed by atoms with Gasteiger partial charge < -0.3 is 19.9 Å². The molecule has 2 aliphatic rings. The zero-order chi connectivity index (χ0) is 18.5. The van der Waals surface area contributed by atoms with Gasteiger partial charge in [-0.3, -0.25) is 9.59 Å². The third-order valence-corrected chi connectivity index (χ3v) is 4.97. The lowest BCUT2D eigenvalue weighted by Gasteiger charge is -2.32. The van der Waals surface area contributed by atoms with E-state index in [1.807, 2.05) is 18.2 Å². The van der Waals surface area contributed by atoms with Crippen LogP contribution in [0.5, 0.6) is 0 Å². The fourth-order valence-corrected chi connectivity index (χ4v) is 3.48. The van der Waals surface area contributed by atoms with Crippen LogP contribution in [0.25, 0.3) is 0 Å². The fraction of sp³-hybridized carbons (Fsp3) is 0.526. The van der Waals surface area contributed by atoms with Gasteiger partial charge in [0.25, 0.3) is 0 Å². The van der Waals surface area contributed by atoms with E-state index in [1.54, 1.807) is 16.7 Å². The molecule has 2 aliphatic heterocycles. The fourth-order valence-electron chi connectivity index (χ4n) is 3.48. The highest BCUT2D eigenvalue weighted by Crippen LogP contribution is 2.18. The molecule has 0 bridgehead atoms. The van der Waals surface area contributed by atoms with Crippen molar-refractivity contribution in [2.45, 2.75) is 38.8 Å². The van der Waals surface area contributed by atoms with Crippen LogP contribution in [0.2, 0.25) is 0 Å². The third-order valence-electron chi connectivity index (χ3n) is 4.97. The molecule has 1 aromatic carbocycles. The Hall–Kier alpha value is -2.57. The molecule has 3 amide bonds. The van der Waals surface area contributed by atoms with Crippen molar-refractivity contribution >= 4 is 17.9 Å². The number of piperidine rings is 1. The topological polar surface area (TPSA) is 79.0 Å². The molecule has 1 aromatic rings. The van der Waals surface area contributed by atoms with Crippen LogP contribution in [0.4, 0.5) is 4.79 Å². The second kappa shape index (κ2) is 8.21. The molecular formula is C19H25N3O4. The smallest absolute Gasteiger partial charge is 0.409 e. The molecular weight excluding hydrogens is 334 g/mol. The van der Waals surface area contributed by atoms with E-state index in [4.69, 9.17) is 4.74 Å². The summed E-state index contributed by atoms with van der Waals surface area (Å²) in [5, 5.41) is 2.82.